The van der Waals surface area contributed by atoms with Gasteiger partial charge in [-0.25, -0.2) is 0 Å². The van der Waals surface area contributed by atoms with Crippen molar-refractivity contribution >= 4 is 65.4 Å². The van der Waals surface area contributed by atoms with Gasteiger partial charge in [0, 0.05) is 55.6 Å². The highest BCUT2D eigenvalue weighted by molar-refractivity contribution is 6.28. The third-order valence-corrected chi connectivity index (χ3v) is 10.7. The lowest BCUT2D eigenvalue weighted by atomic mass is 10.0. The molecule has 11 rings (SSSR count). The first-order chi connectivity index (χ1) is 26.3. The Morgan fingerprint density at radius 1 is 0.396 bits per heavy atom. The number of nitriles is 1. The first-order valence-corrected chi connectivity index (χ1v) is 17.8. The highest BCUT2D eigenvalue weighted by Gasteiger charge is 2.21. The molecule has 4 aromatic heterocycles. The zero-order valence-corrected chi connectivity index (χ0v) is 28.5. The van der Waals surface area contributed by atoms with Crippen LogP contribution in [0.2, 0.25) is 0 Å². The van der Waals surface area contributed by atoms with Gasteiger partial charge in [-0.3, -0.25) is 4.98 Å². The average Bonchev–Trinajstić information content (AvgIpc) is 3.87. The number of hydrogen-bond acceptors (Lipinski definition) is 2. The van der Waals surface area contributed by atoms with E-state index in [1.54, 1.807) is 0 Å². The minimum absolute atomic E-state index is 0.614. The van der Waals surface area contributed by atoms with Crippen molar-refractivity contribution in [1.29, 1.82) is 5.26 Å². The number of nitrogens with zero attached hydrogens (tertiary/aromatic N) is 5. The number of aromatic nitrogens is 4. The normalized spacial score (nSPS) is 11.8. The van der Waals surface area contributed by atoms with E-state index < -0.39 is 0 Å². The number of pyridine rings is 1. The molecule has 4 heterocycles. The molecule has 0 fully saturated rings. The second-order valence-electron chi connectivity index (χ2n) is 13.6. The first-order valence-electron chi connectivity index (χ1n) is 17.8. The highest BCUT2D eigenvalue weighted by Crippen LogP contribution is 2.42. The topological polar surface area (TPSA) is 51.5 Å². The average molecular weight is 676 g/mol. The first kappa shape index (κ1) is 29.3. The summed E-state index contributed by atoms with van der Waals surface area (Å²) < 4.78 is 6.97. The van der Waals surface area contributed by atoms with Crippen LogP contribution in [0.3, 0.4) is 0 Å². The monoisotopic (exact) mass is 675 g/mol. The Morgan fingerprint density at radius 2 is 0.943 bits per heavy atom. The summed E-state index contributed by atoms with van der Waals surface area (Å²) in [5.74, 6) is 0. The van der Waals surface area contributed by atoms with E-state index in [0.29, 0.717) is 5.56 Å². The number of hydrogen-bond donors (Lipinski definition) is 0. The molecule has 0 saturated heterocycles. The summed E-state index contributed by atoms with van der Waals surface area (Å²) in [6.07, 6.45) is 3.86. The molecule has 0 N–H and O–H groups in total. The Kier molecular flexibility index (Phi) is 6.25. The lowest BCUT2D eigenvalue weighted by Crippen LogP contribution is -1.97. The zero-order chi connectivity index (χ0) is 35.0. The van der Waals surface area contributed by atoms with Crippen molar-refractivity contribution in [3.63, 3.8) is 0 Å². The molecule has 53 heavy (non-hydrogen) atoms. The number of rotatable bonds is 4. The molecule has 7 aromatic carbocycles. The second-order valence-corrected chi connectivity index (χ2v) is 13.6. The van der Waals surface area contributed by atoms with Crippen molar-refractivity contribution in [2.24, 2.45) is 0 Å². The van der Waals surface area contributed by atoms with Gasteiger partial charge in [0.15, 0.2) is 0 Å². The summed E-state index contributed by atoms with van der Waals surface area (Å²) in [5.41, 5.74) is 12.5. The van der Waals surface area contributed by atoms with E-state index in [0.717, 1.165) is 55.6 Å². The van der Waals surface area contributed by atoms with E-state index in [1.807, 2.05) is 24.5 Å². The molecule has 0 saturated carbocycles. The van der Waals surface area contributed by atoms with Gasteiger partial charge in [0.1, 0.15) is 0 Å². The minimum atomic E-state index is 0.614. The summed E-state index contributed by atoms with van der Waals surface area (Å²) in [6.45, 7) is 0. The van der Waals surface area contributed by atoms with Crippen LogP contribution < -0.4 is 0 Å². The lowest BCUT2D eigenvalue weighted by molar-refractivity contribution is 1.16. The fourth-order valence-electron chi connectivity index (χ4n) is 8.54. The lowest BCUT2D eigenvalue weighted by Gasteiger charge is -2.13. The SMILES string of the molecule is N#Cc1cc(-c2cccc(-n3c4cnccc4c4c5c6ccccc6n(-c6ccccc6)c5ccc43)c2)cc(-n2c3ccccc3c3ccccc32)c1. The number of benzene rings is 7. The standard InChI is InChI=1S/C48H29N5/c49-29-31-25-33(28-36(26-31)53-41-18-7-4-15-37(41)38-16-5-8-19-42(38)53)32-11-10-14-35(27-32)52-45-22-21-44-47(48(45)40-23-24-50-30-46(40)52)39-17-6-9-20-43(39)51(44)34-12-2-1-3-13-34/h1-28,30H. The van der Waals surface area contributed by atoms with Crippen LogP contribution in [0.5, 0.6) is 0 Å². The summed E-state index contributed by atoms with van der Waals surface area (Å²) in [7, 11) is 0. The summed E-state index contributed by atoms with van der Waals surface area (Å²) >= 11 is 0. The Hall–Kier alpha value is -7.42. The van der Waals surface area contributed by atoms with Crippen molar-refractivity contribution in [3.8, 4) is 34.3 Å². The molecule has 246 valence electrons. The second kappa shape index (κ2) is 11.3. The van der Waals surface area contributed by atoms with Crippen LogP contribution in [-0.4, -0.2) is 18.7 Å². The highest BCUT2D eigenvalue weighted by atomic mass is 15.0. The van der Waals surface area contributed by atoms with Gasteiger partial charge < -0.3 is 13.7 Å². The van der Waals surface area contributed by atoms with E-state index in [9.17, 15) is 5.26 Å². The van der Waals surface area contributed by atoms with Crippen molar-refractivity contribution in [2.45, 2.75) is 0 Å². The molecule has 0 aliphatic carbocycles. The van der Waals surface area contributed by atoms with Gasteiger partial charge in [-0.2, -0.15) is 5.26 Å². The maximum atomic E-state index is 10.3. The van der Waals surface area contributed by atoms with Crippen LogP contribution in [0.4, 0.5) is 0 Å². The smallest absolute Gasteiger partial charge is 0.0992 e. The fraction of sp³-hybridized carbons (Fsp3) is 0. The van der Waals surface area contributed by atoms with E-state index in [1.165, 1.54) is 38.0 Å². The fourth-order valence-corrected chi connectivity index (χ4v) is 8.54. The Bertz CT molecular complexity index is 3250. The van der Waals surface area contributed by atoms with Crippen molar-refractivity contribution < 1.29 is 0 Å². The van der Waals surface area contributed by atoms with Gasteiger partial charge in [0.2, 0.25) is 0 Å². The van der Waals surface area contributed by atoms with Gasteiger partial charge in [0.05, 0.1) is 50.9 Å². The van der Waals surface area contributed by atoms with Gasteiger partial charge in [0.25, 0.3) is 0 Å². The van der Waals surface area contributed by atoms with E-state index in [4.69, 9.17) is 0 Å². The van der Waals surface area contributed by atoms with Crippen LogP contribution in [0.15, 0.2) is 176 Å². The van der Waals surface area contributed by atoms with E-state index in [-0.39, 0.29) is 0 Å². The molecule has 0 atom stereocenters. The molecular weight excluding hydrogens is 647 g/mol. The Labute approximate surface area is 304 Å². The maximum Gasteiger partial charge on any atom is 0.0992 e. The molecule has 0 radical (unpaired) electrons. The number of para-hydroxylation sites is 4. The zero-order valence-electron chi connectivity index (χ0n) is 28.5. The van der Waals surface area contributed by atoms with Crippen LogP contribution in [0, 0.1) is 11.3 Å². The van der Waals surface area contributed by atoms with Crippen LogP contribution in [0.25, 0.3) is 93.6 Å². The van der Waals surface area contributed by atoms with E-state index >= 15 is 0 Å². The molecule has 0 bridgehead atoms. The van der Waals surface area contributed by atoms with Crippen molar-refractivity contribution in [1.82, 2.24) is 18.7 Å². The molecule has 0 amide bonds. The van der Waals surface area contributed by atoms with Crippen molar-refractivity contribution in [3.05, 3.63) is 182 Å². The van der Waals surface area contributed by atoms with Gasteiger partial charge in [-0.1, -0.05) is 84.9 Å². The molecule has 0 spiro atoms. The van der Waals surface area contributed by atoms with Crippen LogP contribution in [0.1, 0.15) is 5.56 Å². The maximum absolute atomic E-state index is 10.3. The quantitative estimate of drug-likeness (QED) is 0.186. The largest absolute Gasteiger partial charge is 0.309 e. The van der Waals surface area contributed by atoms with E-state index in [2.05, 4.69) is 176 Å². The molecule has 5 heteroatoms. The summed E-state index contributed by atoms with van der Waals surface area (Å²) in [6, 6.07) is 60.1. The predicted octanol–water partition coefficient (Wildman–Crippen LogP) is 11.9. The molecule has 0 unspecified atom stereocenters. The predicted molar refractivity (Wildman–Crippen MR) is 217 cm³/mol. The molecule has 0 aliphatic rings. The molecule has 5 nitrogen and oxygen atoms in total. The van der Waals surface area contributed by atoms with Crippen molar-refractivity contribution in [2.75, 3.05) is 0 Å². The Morgan fingerprint density at radius 3 is 1.64 bits per heavy atom. The minimum Gasteiger partial charge on any atom is -0.309 e. The number of fused-ring (bicyclic) bond motifs is 10. The van der Waals surface area contributed by atoms with Crippen LogP contribution >= 0.6 is 0 Å². The summed E-state index contributed by atoms with van der Waals surface area (Å²) in [5, 5.41) is 17.4. The third-order valence-electron chi connectivity index (χ3n) is 10.7. The molecular formula is C48H29N5. The Balaban J connectivity index is 1.15. The van der Waals surface area contributed by atoms with Gasteiger partial charge in [-0.05, 0) is 90.0 Å². The summed E-state index contributed by atoms with van der Waals surface area (Å²) in [4.78, 5) is 4.62. The van der Waals surface area contributed by atoms with Gasteiger partial charge in [-0.15, -0.1) is 0 Å². The van der Waals surface area contributed by atoms with Crippen LogP contribution in [-0.2, 0) is 0 Å². The molecule has 11 aromatic rings. The molecule has 0 aliphatic heterocycles. The third kappa shape index (κ3) is 4.27. The van der Waals surface area contributed by atoms with Gasteiger partial charge >= 0.3 is 0 Å².